The molecule has 0 aromatic heterocycles. The third-order valence-corrected chi connectivity index (χ3v) is 3.64. The van der Waals surface area contributed by atoms with Gasteiger partial charge in [-0.05, 0) is 24.1 Å². The number of benzene rings is 1. The normalized spacial score (nSPS) is 21.4. The molecule has 0 aliphatic carbocycles. The first kappa shape index (κ1) is 16.0. The Labute approximate surface area is 122 Å². The summed E-state index contributed by atoms with van der Waals surface area (Å²) in [4.78, 5) is 5.30. The maximum absolute atomic E-state index is 13.3. The minimum atomic E-state index is -4.43. The third kappa shape index (κ3) is 2.97. The molecular formula is C15H18F3NO2+. The summed E-state index contributed by atoms with van der Waals surface area (Å²) >= 11 is 0. The van der Waals surface area contributed by atoms with Crippen molar-refractivity contribution in [2.75, 3.05) is 27.9 Å². The summed E-state index contributed by atoms with van der Waals surface area (Å²) in [6.07, 6.45) is 1.10. The quantitative estimate of drug-likeness (QED) is 0.793. The molecule has 0 bridgehead atoms. The van der Waals surface area contributed by atoms with Crippen molar-refractivity contribution in [1.82, 2.24) is 4.65 Å². The molecule has 115 valence electrons. The zero-order valence-electron chi connectivity index (χ0n) is 12.2. The van der Waals surface area contributed by atoms with Crippen LogP contribution < -0.4 is 4.65 Å². The van der Waals surface area contributed by atoms with Gasteiger partial charge in [0.25, 0.3) is 0 Å². The van der Waals surface area contributed by atoms with Crippen molar-refractivity contribution >= 4 is 5.69 Å². The molecule has 1 unspecified atom stereocenters. The Balaban J connectivity index is 2.64. The predicted molar refractivity (Wildman–Crippen MR) is 74.3 cm³/mol. The lowest BCUT2D eigenvalue weighted by Gasteiger charge is -2.32. The predicted octanol–water partition coefficient (Wildman–Crippen LogP) is 3.47. The zero-order chi connectivity index (χ0) is 15.7. The van der Waals surface area contributed by atoms with Crippen LogP contribution in [0.1, 0.15) is 16.7 Å². The molecule has 1 aromatic rings. The minimum Gasteiger partial charge on any atom is -0.384 e. The smallest absolute Gasteiger partial charge is 0.384 e. The van der Waals surface area contributed by atoms with E-state index < -0.39 is 11.7 Å². The Morgan fingerprint density at radius 3 is 2.48 bits per heavy atom. The summed E-state index contributed by atoms with van der Waals surface area (Å²) in [5, 5.41) is 0. The molecule has 0 N–H and O–H groups in total. The summed E-state index contributed by atoms with van der Waals surface area (Å²) < 4.78 is 44.6. The van der Waals surface area contributed by atoms with Crippen LogP contribution in [0, 0.1) is 6.42 Å². The molecule has 0 fully saturated rings. The fourth-order valence-electron chi connectivity index (χ4n) is 2.50. The highest BCUT2D eigenvalue weighted by molar-refractivity contribution is 5.66. The van der Waals surface area contributed by atoms with Crippen LogP contribution in [0.15, 0.2) is 24.4 Å². The van der Waals surface area contributed by atoms with Crippen molar-refractivity contribution in [2.45, 2.75) is 12.6 Å². The monoisotopic (exact) mass is 301 g/mol. The van der Waals surface area contributed by atoms with Crippen molar-refractivity contribution in [3.63, 3.8) is 0 Å². The topological polar surface area (TPSA) is 18.5 Å². The van der Waals surface area contributed by atoms with Crippen LogP contribution in [0.2, 0.25) is 0 Å². The number of methoxy groups -OCH3 is 1. The highest BCUT2D eigenvalue weighted by Gasteiger charge is 2.44. The lowest BCUT2D eigenvalue weighted by atomic mass is 9.93. The first-order valence-corrected chi connectivity index (χ1v) is 6.50. The maximum atomic E-state index is 13.3. The summed E-state index contributed by atoms with van der Waals surface area (Å²) in [5.74, 6) is 0. The zero-order valence-corrected chi connectivity index (χ0v) is 12.2. The number of alkyl halides is 3. The summed E-state index contributed by atoms with van der Waals surface area (Å²) in [6, 6.07) is 2.63. The molecule has 2 rings (SSSR count). The van der Waals surface area contributed by atoms with Crippen molar-refractivity contribution in [3.05, 3.63) is 47.5 Å². The largest absolute Gasteiger partial charge is 0.422 e. The highest BCUT2D eigenvalue weighted by atomic mass is 19.4. The molecule has 1 heterocycles. The fourth-order valence-corrected chi connectivity index (χ4v) is 2.50. The van der Waals surface area contributed by atoms with Gasteiger partial charge in [-0.15, -0.1) is 4.65 Å². The number of hydrogen-bond donors (Lipinski definition) is 0. The van der Waals surface area contributed by atoms with E-state index in [1.54, 1.807) is 32.9 Å². The van der Waals surface area contributed by atoms with E-state index in [1.807, 2.05) is 0 Å². The fraction of sp³-hybridized carbons (Fsp3) is 0.400. The number of fused-ring (bicyclic) bond motifs is 1. The second-order valence-corrected chi connectivity index (χ2v) is 4.96. The van der Waals surface area contributed by atoms with Crippen LogP contribution in [0.4, 0.5) is 18.9 Å². The average Bonchev–Trinajstić information content (AvgIpc) is 2.44. The van der Waals surface area contributed by atoms with Gasteiger partial charge in [0, 0.05) is 19.1 Å². The highest BCUT2D eigenvalue weighted by Crippen LogP contribution is 2.44. The van der Waals surface area contributed by atoms with E-state index in [-0.39, 0.29) is 10.3 Å². The second kappa shape index (κ2) is 5.79. The van der Waals surface area contributed by atoms with Crippen molar-refractivity contribution in [1.29, 1.82) is 0 Å². The van der Waals surface area contributed by atoms with Crippen molar-refractivity contribution in [3.8, 4) is 0 Å². The lowest BCUT2D eigenvalue weighted by Crippen LogP contribution is -2.42. The number of allylic oxidation sites excluding steroid dienone is 1. The van der Waals surface area contributed by atoms with Gasteiger partial charge in [-0.25, -0.2) is 0 Å². The Bertz CT molecular complexity index is 555. The molecule has 1 radical (unpaired) electrons. The summed E-state index contributed by atoms with van der Waals surface area (Å²) in [5.41, 5.74) is 0.795. The molecule has 0 spiro atoms. The van der Waals surface area contributed by atoms with E-state index in [1.165, 1.54) is 13.2 Å². The molecule has 1 atom stereocenters. The number of quaternary nitrogens is 1. The van der Waals surface area contributed by atoms with Gasteiger partial charge in [0.15, 0.2) is 5.69 Å². The van der Waals surface area contributed by atoms with Crippen LogP contribution in [0.3, 0.4) is 0 Å². The van der Waals surface area contributed by atoms with E-state index >= 15 is 0 Å². The molecule has 1 aromatic carbocycles. The number of ether oxygens (including phenoxy) is 1. The van der Waals surface area contributed by atoms with Crippen LogP contribution in [-0.4, -0.2) is 27.9 Å². The number of hydrogen-bond acceptors (Lipinski definition) is 2. The van der Waals surface area contributed by atoms with Gasteiger partial charge in [0.1, 0.15) is 18.8 Å². The number of halogens is 3. The Kier molecular flexibility index (Phi) is 4.41. The molecule has 0 saturated heterocycles. The Hall–Kier alpha value is -1.37. The van der Waals surface area contributed by atoms with Crippen LogP contribution in [0.5, 0.6) is 0 Å². The number of rotatable bonds is 4. The Morgan fingerprint density at radius 1 is 1.19 bits per heavy atom. The van der Waals surface area contributed by atoms with Gasteiger partial charge in [-0.1, -0.05) is 6.07 Å². The van der Waals surface area contributed by atoms with Gasteiger partial charge in [-0.2, -0.15) is 18.0 Å². The molecule has 6 heteroatoms. The summed E-state index contributed by atoms with van der Waals surface area (Å²) in [6.45, 7) is 0.450. The van der Waals surface area contributed by atoms with Gasteiger partial charge < -0.3 is 4.74 Å². The minimum absolute atomic E-state index is 0.112. The Morgan fingerprint density at radius 2 is 1.90 bits per heavy atom. The summed E-state index contributed by atoms with van der Waals surface area (Å²) in [7, 11) is 4.54. The molecular weight excluding hydrogens is 283 g/mol. The maximum Gasteiger partial charge on any atom is 0.422 e. The van der Waals surface area contributed by atoms with Crippen LogP contribution in [-0.2, 0) is 22.2 Å². The molecule has 0 saturated carbocycles. The van der Waals surface area contributed by atoms with E-state index in [9.17, 15) is 13.2 Å². The van der Waals surface area contributed by atoms with Gasteiger partial charge in [0.05, 0.1) is 13.7 Å². The van der Waals surface area contributed by atoms with Crippen LogP contribution in [0.25, 0.3) is 0 Å². The van der Waals surface area contributed by atoms with Crippen molar-refractivity contribution < 1.29 is 22.7 Å². The van der Waals surface area contributed by atoms with E-state index in [4.69, 9.17) is 9.57 Å². The SMILES string of the molecule is COCCc1ccc(C(F)(F)F)c2c1[CH]C=C[N+]2(C)OC. The third-order valence-electron chi connectivity index (χ3n) is 3.64. The second-order valence-electron chi connectivity index (χ2n) is 4.96. The van der Waals surface area contributed by atoms with E-state index in [2.05, 4.69) is 0 Å². The number of nitrogens with zero attached hydrogens (tertiary/aromatic N) is 1. The van der Waals surface area contributed by atoms with Gasteiger partial charge in [0.2, 0.25) is 0 Å². The standard InChI is InChI=1S/C15H18F3NO2/c1-19(21-3)9-4-5-12-11(8-10-20-2)6-7-13(14(12)19)15(16,17)18/h4-7,9H,8,10H2,1-3H3/q+1. The molecule has 21 heavy (non-hydrogen) atoms. The lowest BCUT2D eigenvalue weighted by molar-refractivity contribution is -0.141. The van der Waals surface area contributed by atoms with E-state index in [0.717, 1.165) is 11.6 Å². The molecule has 0 amide bonds. The van der Waals surface area contributed by atoms with Crippen LogP contribution >= 0.6 is 0 Å². The molecule has 1 aliphatic rings. The molecule has 1 aliphatic heterocycles. The first-order chi connectivity index (χ1) is 9.83. The average molecular weight is 301 g/mol. The van der Waals surface area contributed by atoms with E-state index in [0.29, 0.717) is 18.6 Å². The van der Waals surface area contributed by atoms with Gasteiger partial charge >= 0.3 is 6.18 Å². The van der Waals surface area contributed by atoms with Gasteiger partial charge in [-0.3, -0.25) is 0 Å². The molecule has 3 nitrogen and oxygen atoms in total. The van der Waals surface area contributed by atoms with Crippen molar-refractivity contribution in [2.24, 2.45) is 0 Å². The first-order valence-electron chi connectivity index (χ1n) is 6.50. The number of hydroxylamine groups is 2.